The van der Waals surface area contributed by atoms with Gasteiger partial charge in [-0.1, -0.05) is 30.3 Å². The van der Waals surface area contributed by atoms with Crippen molar-refractivity contribution in [1.82, 2.24) is 5.43 Å². The summed E-state index contributed by atoms with van der Waals surface area (Å²) in [5.41, 5.74) is 3.86. The lowest BCUT2D eigenvalue weighted by Crippen LogP contribution is -2.18. The van der Waals surface area contributed by atoms with E-state index in [1.165, 1.54) is 5.56 Å². The van der Waals surface area contributed by atoms with Gasteiger partial charge in [-0.05, 0) is 31.2 Å². The normalized spacial score (nSPS) is 15.2. The van der Waals surface area contributed by atoms with E-state index in [9.17, 15) is 4.79 Å². The lowest BCUT2D eigenvalue weighted by molar-refractivity contribution is -0.122. The number of carbonyl (C=O) groups excluding carboxylic acids is 1. The molecule has 1 aliphatic rings. The van der Waals surface area contributed by atoms with Gasteiger partial charge in [-0.3, -0.25) is 4.79 Å². The first kappa shape index (κ1) is 10.9. The highest BCUT2D eigenvalue weighted by Gasteiger charge is 2.29. The second kappa shape index (κ2) is 5.45. The number of hydrazone groups is 1. The molecular weight excluding hydrogens is 200 g/mol. The van der Waals surface area contributed by atoms with Crippen LogP contribution in [0.4, 0.5) is 0 Å². The number of benzene rings is 1. The summed E-state index contributed by atoms with van der Waals surface area (Å²) < 4.78 is 0. The molecule has 0 saturated heterocycles. The van der Waals surface area contributed by atoms with Crippen LogP contribution in [0.2, 0.25) is 0 Å². The Bertz CT molecular complexity index is 369. The number of aryl methyl sites for hydroxylation is 1. The summed E-state index contributed by atoms with van der Waals surface area (Å²) in [6.45, 7) is 0. The lowest BCUT2D eigenvalue weighted by Gasteiger charge is -1.97. The monoisotopic (exact) mass is 216 g/mol. The number of rotatable bonds is 5. The fourth-order valence-corrected chi connectivity index (χ4v) is 1.49. The van der Waals surface area contributed by atoms with E-state index in [0.29, 0.717) is 0 Å². The molecule has 0 aromatic heterocycles. The molecule has 1 N–H and O–H groups in total. The van der Waals surface area contributed by atoms with Crippen molar-refractivity contribution in [3.05, 3.63) is 35.9 Å². The van der Waals surface area contributed by atoms with Gasteiger partial charge in [0.05, 0.1) is 0 Å². The predicted molar refractivity (Wildman–Crippen MR) is 64.1 cm³/mol. The third-order valence-electron chi connectivity index (χ3n) is 2.62. The standard InChI is InChI=1S/C13H16N2O/c16-13(12-8-9-12)15-14-10-4-7-11-5-2-1-3-6-11/h1-3,5-6,10,12H,4,7-9H2,(H,15,16). The maximum Gasteiger partial charge on any atom is 0.243 e. The third kappa shape index (κ3) is 3.50. The van der Waals surface area contributed by atoms with Crippen LogP contribution in [0, 0.1) is 5.92 Å². The maximum atomic E-state index is 11.2. The molecule has 1 aromatic carbocycles. The number of carbonyl (C=O) groups is 1. The molecule has 0 radical (unpaired) electrons. The SMILES string of the molecule is O=C(NN=CCCc1ccccc1)C1CC1. The summed E-state index contributed by atoms with van der Waals surface area (Å²) in [5.74, 6) is 0.294. The van der Waals surface area contributed by atoms with Crippen molar-refractivity contribution in [2.24, 2.45) is 11.0 Å². The van der Waals surface area contributed by atoms with Crippen LogP contribution in [0.25, 0.3) is 0 Å². The van der Waals surface area contributed by atoms with Crippen LogP contribution in [0.3, 0.4) is 0 Å². The van der Waals surface area contributed by atoms with Gasteiger partial charge in [0.15, 0.2) is 0 Å². The molecule has 2 rings (SSSR count). The number of hydrogen-bond donors (Lipinski definition) is 1. The Morgan fingerprint density at radius 2 is 2.12 bits per heavy atom. The number of nitrogens with zero attached hydrogens (tertiary/aromatic N) is 1. The zero-order valence-corrected chi connectivity index (χ0v) is 9.23. The fourth-order valence-electron chi connectivity index (χ4n) is 1.49. The average molecular weight is 216 g/mol. The maximum absolute atomic E-state index is 11.2. The molecule has 16 heavy (non-hydrogen) atoms. The van der Waals surface area contributed by atoms with Crippen molar-refractivity contribution in [3.8, 4) is 0 Å². The minimum atomic E-state index is 0.0657. The molecule has 0 unspecified atom stereocenters. The molecule has 3 nitrogen and oxygen atoms in total. The molecule has 1 fully saturated rings. The molecule has 84 valence electrons. The van der Waals surface area contributed by atoms with Crippen LogP contribution in [0.15, 0.2) is 35.4 Å². The average Bonchev–Trinajstić information content (AvgIpc) is 3.13. The van der Waals surface area contributed by atoms with Gasteiger partial charge >= 0.3 is 0 Å². The zero-order valence-electron chi connectivity index (χ0n) is 9.23. The Labute approximate surface area is 95.6 Å². The van der Waals surface area contributed by atoms with E-state index in [4.69, 9.17) is 0 Å². The Balaban J connectivity index is 1.64. The van der Waals surface area contributed by atoms with Crippen molar-refractivity contribution >= 4 is 12.1 Å². The van der Waals surface area contributed by atoms with Crippen molar-refractivity contribution in [1.29, 1.82) is 0 Å². The van der Waals surface area contributed by atoms with Gasteiger partial charge in [-0.15, -0.1) is 0 Å². The first-order chi connectivity index (χ1) is 7.86. The van der Waals surface area contributed by atoms with Gasteiger partial charge in [0.1, 0.15) is 0 Å². The van der Waals surface area contributed by atoms with Crippen LogP contribution in [0.5, 0.6) is 0 Å². The number of hydrogen-bond acceptors (Lipinski definition) is 2. The van der Waals surface area contributed by atoms with Crippen LogP contribution in [0.1, 0.15) is 24.8 Å². The summed E-state index contributed by atoms with van der Waals surface area (Å²) in [7, 11) is 0. The minimum Gasteiger partial charge on any atom is -0.273 e. The molecule has 1 amide bonds. The Morgan fingerprint density at radius 3 is 2.81 bits per heavy atom. The van der Waals surface area contributed by atoms with Crippen molar-refractivity contribution in [2.75, 3.05) is 0 Å². The minimum absolute atomic E-state index is 0.0657. The summed E-state index contributed by atoms with van der Waals surface area (Å²) in [6.07, 6.45) is 5.63. The highest BCUT2D eigenvalue weighted by Crippen LogP contribution is 2.28. The molecule has 1 saturated carbocycles. The molecule has 1 aliphatic carbocycles. The van der Waals surface area contributed by atoms with Gasteiger partial charge < -0.3 is 0 Å². The van der Waals surface area contributed by atoms with E-state index < -0.39 is 0 Å². The molecule has 0 heterocycles. The predicted octanol–water partition coefficient (Wildman–Crippen LogP) is 2.13. The van der Waals surface area contributed by atoms with Gasteiger partial charge in [0.2, 0.25) is 5.91 Å². The number of amides is 1. The van der Waals surface area contributed by atoms with Gasteiger partial charge in [-0.25, -0.2) is 5.43 Å². The van der Waals surface area contributed by atoms with Crippen molar-refractivity contribution < 1.29 is 4.79 Å². The topological polar surface area (TPSA) is 41.5 Å². The molecule has 0 spiro atoms. The highest BCUT2D eigenvalue weighted by molar-refractivity contribution is 5.81. The molecule has 0 atom stereocenters. The molecule has 3 heteroatoms. The largest absolute Gasteiger partial charge is 0.273 e. The van der Waals surface area contributed by atoms with Crippen LogP contribution in [-0.2, 0) is 11.2 Å². The van der Waals surface area contributed by atoms with Crippen LogP contribution >= 0.6 is 0 Å². The van der Waals surface area contributed by atoms with Gasteiger partial charge in [0, 0.05) is 12.1 Å². The second-order valence-electron chi connectivity index (χ2n) is 4.09. The van der Waals surface area contributed by atoms with Gasteiger partial charge in [0.25, 0.3) is 0 Å². The van der Waals surface area contributed by atoms with Gasteiger partial charge in [-0.2, -0.15) is 5.10 Å². The fraction of sp³-hybridized carbons (Fsp3) is 0.385. The molecule has 1 aromatic rings. The smallest absolute Gasteiger partial charge is 0.243 e. The van der Waals surface area contributed by atoms with E-state index in [2.05, 4.69) is 22.7 Å². The molecular formula is C13H16N2O. The molecule has 0 aliphatic heterocycles. The van der Waals surface area contributed by atoms with E-state index in [-0.39, 0.29) is 11.8 Å². The second-order valence-corrected chi connectivity index (χ2v) is 4.09. The van der Waals surface area contributed by atoms with E-state index >= 15 is 0 Å². The van der Waals surface area contributed by atoms with E-state index in [0.717, 1.165) is 25.7 Å². The lowest BCUT2D eigenvalue weighted by atomic mass is 10.1. The third-order valence-corrected chi connectivity index (χ3v) is 2.62. The summed E-state index contributed by atoms with van der Waals surface area (Å²) in [6, 6.07) is 10.3. The van der Waals surface area contributed by atoms with Crippen molar-refractivity contribution in [3.63, 3.8) is 0 Å². The first-order valence-corrected chi connectivity index (χ1v) is 5.71. The Kier molecular flexibility index (Phi) is 3.70. The van der Waals surface area contributed by atoms with E-state index in [1.54, 1.807) is 6.21 Å². The Morgan fingerprint density at radius 1 is 1.38 bits per heavy atom. The summed E-state index contributed by atoms with van der Waals surface area (Å²) in [4.78, 5) is 11.2. The quantitative estimate of drug-likeness (QED) is 0.594. The van der Waals surface area contributed by atoms with E-state index in [1.807, 2.05) is 18.2 Å². The molecule has 0 bridgehead atoms. The number of nitrogens with one attached hydrogen (secondary N) is 1. The Hall–Kier alpha value is -1.64. The first-order valence-electron chi connectivity index (χ1n) is 5.71. The zero-order chi connectivity index (χ0) is 11.2. The summed E-state index contributed by atoms with van der Waals surface area (Å²) in [5, 5.41) is 3.92. The van der Waals surface area contributed by atoms with Crippen LogP contribution < -0.4 is 5.43 Å². The van der Waals surface area contributed by atoms with Crippen molar-refractivity contribution in [2.45, 2.75) is 25.7 Å². The van der Waals surface area contributed by atoms with Crippen LogP contribution in [-0.4, -0.2) is 12.1 Å². The highest BCUT2D eigenvalue weighted by atomic mass is 16.2. The summed E-state index contributed by atoms with van der Waals surface area (Å²) >= 11 is 0.